The van der Waals surface area contributed by atoms with Crippen molar-refractivity contribution in [2.24, 2.45) is 0 Å². The molecule has 2 atom stereocenters. The Morgan fingerprint density at radius 1 is 1.38 bits per heavy atom. The SMILES string of the molecule is CCCC[C@H](NC(C)Cc1coc2ccccc12)C(=O)O. The number of unbranched alkanes of at least 4 members (excludes halogenated alkanes) is 1. The first-order valence-corrected chi connectivity index (χ1v) is 7.55. The first-order valence-electron chi connectivity index (χ1n) is 7.55. The zero-order chi connectivity index (χ0) is 15.2. The summed E-state index contributed by atoms with van der Waals surface area (Å²) < 4.78 is 5.52. The van der Waals surface area contributed by atoms with Gasteiger partial charge in [-0.2, -0.15) is 0 Å². The maximum atomic E-state index is 11.3. The van der Waals surface area contributed by atoms with Gasteiger partial charge in [-0.1, -0.05) is 38.0 Å². The van der Waals surface area contributed by atoms with Crippen LogP contribution < -0.4 is 5.32 Å². The summed E-state index contributed by atoms with van der Waals surface area (Å²) in [5, 5.41) is 13.6. The van der Waals surface area contributed by atoms with Crippen LogP contribution in [0.2, 0.25) is 0 Å². The molecule has 0 amide bonds. The topological polar surface area (TPSA) is 62.5 Å². The predicted molar refractivity (Wildman–Crippen MR) is 83.5 cm³/mol. The van der Waals surface area contributed by atoms with Crippen LogP contribution in [0.4, 0.5) is 0 Å². The second-order valence-electron chi connectivity index (χ2n) is 5.56. The van der Waals surface area contributed by atoms with Crippen molar-refractivity contribution in [2.75, 3.05) is 0 Å². The number of rotatable bonds is 8. The number of carbonyl (C=O) groups is 1. The van der Waals surface area contributed by atoms with Crippen LogP contribution in [0.1, 0.15) is 38.7 Å². The highest BCUT2D eigenvalue weighted by Gasteiger charge is 2.19. The van der Waals surface area contributed by atoms with Crippen molar-refractivity contribution >= 4 is 16.9 Å². The Morgan fingerprint density at radius 3 is 2.86 bits per heavy atom. The molecule has 1 aromatic carbocycles. The van der Waals surface area contributed by atoms with Crippen molar-refractivity contribution in [3.8, 4) is 0 Å². The van der Waals surface area contributed by atoms with Gasteiger partial charge in [-0.25, -0.2) is 0 Å². The Balaban J connectivity index is 2.00. The number of para-hydroxylation sites is 1. The van der Waals surface area contributed by atoms with E-state index in [2.05, 4.69) is 12.2 Å². The van der Waals surface area contributed by atoms with Gasteiger partial charge in [0.2, 0.25) is 0 Å². The Hall–Kier alpha value is -1.81. The Morgan fingerprint density at radius 2 is 2.14 bits per heavy atom. The number of hydrogen-bond acceptors (Lipinski definition) is 3. The maximum absolute atomic E-state index is 11.3. The fourth-order valence-corrected chi connectivity index (χ4v) is 2.61. The second kappa shape index (κ2) is 7.27. The smallest absolute Gasteiger partial charge is 0.320 e. The summed E-state index contributed by atoms with van der Waals surface area (Å²) in [7, 11) is 0. The molecule has 21 heavy (non-hydrogen) atoms. The minimum absolute atomic E-state index is 0.0870. The molecule has 1 heterocycles. The van der Waals surface area contributed by atoms with E-state index in [1.165, 1.54) is 0 Å². The molecule has 0 aliphatic heterocycles. The lowest BCUT2D eigenvalue weighted by Crippen LogP contribution is -2.42. The van der Waals surface area contributed by atoms with E-state index in [1.54, 1.807) is 6.26 Å². The molecular formula is C17H23NO3. The van der Waals surface area contributed by atoms with Crippen LogP contribution in [0.5, 0.6) is 0 Å². The van der Waals surface area contributed by atoms with Gasteiger partial charge < -0.3 is 14.8 Å². The highest BCUT2D eigenvalue weighted by atomic mass is 16.4. The first kappa shape index (κ1) is 15.6. The van der Waals surface area contributed by atoms with E-state index in [0.717, 1.165) is 35.8 Å². The van der Waals surface area contributed by atoms with Gasteiger partial charge >= 0.3 is 5.97 Å². The summed E-state index contributed by atoms with van der Waals surface area (Å²) in [5.74, 6) is -0.771. The van der Waals surface area contributed by atoms with Crippen LogP contribution in [0, 0.1) is 0 Å². The summed E-state index contributed by atoms with van der Waals surface area (Å²) in [6.07, 6.45) is 5.12. The molecule has 4 heteroatoms. The van der Waals surface area contributed by atoms with E-state index in [0.29, 0.717) is 6.42 Å². The molecule has 0 spiro atoms. The molecule has 0 bridgehead atoms. The molecule has 4 nitrogen and oxygen atoms in total. The lowest BCUT2D eigenvalue weighted by atomic mass is 10.0. The highest BCUT2D eigenvalue weighted by Crippen LogP contribution is 2.22. The fourth-order valence-electron chi connectivity index (χ4n) is 2.61. The van der Waals surface area contributed by atoms with Crippen molar-refractivity contribution in [2.45, 2.75) is 51.6 Å². The number of fused-ring (bicyclic) bond motifs is 1. The molecule has 2 rings (SSSR count). The average molecular weight is 289 g/mol. The molecule has 0 saturated heterocycles. The van der Waals surface area contributed by atoms with Gasteiger partial charge in [0.05, 0.1) is 6.26 Å². The van der Waals surface area contributed by atoms with E-state index < -0.39 is 12.0 Å². The molecule has 1 aromatic heterocycles. The average Bonchev–Trinajstić information content (AvgIpc) is 2.86. The summed E-state index contributed by atoms with van der Waals surface area (Å²) in [6, 6.07) is 7.52. The number of aliphatic carboxylic acids is 1. The molecule has 2 N–H and O–H groups in total. The third kappa shape index (κ3) is 4.08. The van der Waals surface area contributed by atoms with E-state index in [-0.39, 0.29) is 6.04 Å². The van der Waals surface area contributed by atoms with Crippen LogP contribution in [-0.2, 0) is 11.2 Å². The molecule has 0 aliphatic rings. The van der Waals surface area contributed by atoms with Crippen molar-refractivity contribution in [1.82, 2.24) is 5.32 Å². The molecule has 0 aliphatic carbocycles. The van der Waals surface area contributed by atoms with Crippen molar-refractivity contribution in [1.29, 1.82) is 0 Å². The standard InChI is InChI=1S/C17H23NO3/c1-3-4-8-15(17(19)20)18-12(2)10-13-11-21-16-9-6-5-7-14(13)16/h5-7,9,11-12,15,18H,3-4,8,10H2,1-2H3,(H,19,20)/t12?,15-/m0/s1. The van der Waals surface area contributed by atoms with Gasteiger partial charge in [-0.3, -0.25) is 4.79 Å². The number of hydrogen-bond donors (Lipinski definition) is 2. The lowest BCUT2D eigenvalue weighted by Gasteiger charge is -2.19. The molecule has 0 radical (unpaired) electrons. The van der Waals surface area contributed by atoms with E-state index in [1.807, 2.05) is 31.2 Å². The maximum Gasteiger partial charge on any atom is 0.320 e. The fraction of sp³-hybridized carbons (Fsp3) is 0.471. The van der Waals surface area contributed by atoms with Crippen LogP contribution in [-0.4, -0.2) is 23.2 Å². The largest absolute Gasteiger partial charge is 0.480 e. The zero-order valence-electron chi connectivity index (χ0n) is 12.6. The third-order valence-corrected chi connectivity index (χ3v) is 3.72. The number of furan rings is 1. The number of benzene rings is 1. The van der Waals surface area contributed by atoms with Crippen LogP contribution in [0.25, 0.3) is 11.0 Å². The molecule has 114 valence electrons. The summed E-state index contributed by atoms with van der Waals surface area (Å²) in [6.45, 7) is 4.09. The quantitative estimate of drug-likeness (QED) is 0.779. The highest BCUT2D eigenvalue weighted by molar-refractivity contribution is 5.80. The van der Waals surface area contributed by atoms with Gasteiger partial charge in [-0.15, -0.1) is 0 Å². The van der Waals surface area contributed by atoms with Crippen LogP contribution in [0.3, 0.4) is 0 Å². The number of carboxylic acid groups (broad SMARTS) is 1. The monoisotopic (exact) mass is 289 g/mol. The Labute approximate surface area is 125 Å². The minimum Gasteiger partial charge on any atom is -0.480 e. The van der Waals surface area contributed by atoms with Crippen LogP contribution in [0.15, 0.2) is 34.9 Å². The normalized spacial score (nSPS) is 14.2. The summed E-state index contributed by atoms with van der Waals surface area (Å²) >= 11 is 0. The van der Waals surface area contributed by atoms with Gasteiger partial charge in [0.1, 0.15) is 11.6 Å². The van der Waals surface area contributed by atoms with Gasteiger partial charge in [0, 0.05) is 11.4 Å². The van der Waals surface area contributed by atoms with Crippen molar-refractivity contribution < 1.29 is 14.3 Å². The summed E-state index contributed by atoms with van der Waals surface area (Å²) in [5.41, 5.74) is 1.99. The van der Waals surface area contributed by atoms with Gasteiger partial charge in [0.15, 0.2) is 0 Å². The molecular weight excluding hydrogens is 266 g/mol. The Bertz CT molecular complexity index is 590. The zero-order valence-corrected chi connectivity index (χ0v) is 12.6. The number of carboxylic acids is 1. The van der Waals surface area contributed by atoms with Crippen LogP contribution >= 0.6 is 0 Å². The molecule has 0 saturated carbocycles. The van der Waals surface area contributed by atoms with Gasteiger partial charge in [0.25, 0.3) is 0 Å². The first-order chi connectivity index (χ1) is 10.1. The summed E-state index contributed by atoms with van der Waals surface area (Å²) in [4.78, 5) is 11.3. The van der Waals surface area contributed by atoms with E-state index in [9.17, 15) is 9.90 Å². The lowest BCUT2D eigenvalue weighted by molar-refractivity contribution is -0.139. The molecule has 0 fully saturated rings. The molecule has 2 aromatic rings. The third-order valence-electron chi connectivity index (χ3n) is 3.72. The number of nitrogens with one attached hydrogen (secondary N) is 1. The predicted octanol–water partition coefficient (Wildman–Crippen LogP) is 3.60. The Kier molecular flexibility index (Phi) is 5.39. The minimum atomic E-state index is -0.771. The van der Waals surface area contributed by atoms with Crippen molar-refractivity contribution in [3.05, 3.63) is 36.1 Å². The van der Waals surface area contributed by atoms with Crippen molar-refractivity contribution in [3.63, 3.8) is 0 Å². The van der Waals surface area contributed by atoms with Gasteiger partial charge in [-0.05, 0) is 31.4 Å². The van der Waals surface area contributed by atoms with E-state index >= 15 is 0 Å². The second-order valence-corrected chi connectivity index (χ2v) is 5.56. The molecule has 1 unspecified atom stereocenters. The van der Waals surface area contributed by atoms with E-state index in [4.69, 9.17) is 4.42 Å².